The molecule has 2 aliphatic carbocycles. The number of rotatable bonds is 1. The second-order valence-corrected chi connectivity index (χ2v) is 4.67. The van der Waals surface area contributed by atoms with Gasteiger partial charge in [-0.05, 0) is 55.1 Å². The number of nitrogens with zero attached hydrogens (tertiary/aromatic N) is 1. The summed E-state index contributed by atoms with van der Waals surface area (Å²) in [5.41, 5.74) is 2.04. The zero-order chi connectivity index (χ0) is 8.73. The molecule has 68 valence electrons. The molecule has 0 aromatic carbocycles. The summed E-state index contributed by atoms with van der Waals surface area (Å²) in [6, 6.07) is 4.34. The molecular formula is C12H15N. The highest BCUT2D eigenvalue weighted by molar-refractivity contribution is 5.26. The molecular weight excluding hydrogens is 158 g/mol. The SMILES string of the molecule is c1cncc(C23CCC(CC2)C3)c1. The average Bonchev–Trinajstić information content (AvgIpc) is 2.80. The minimum Gasteiger partial charge on any atom is -0.264 e. The summed E-state index contributed by atoms with van der Waals surface area (Å²) in [4.78, 5) is 4.24. The Morgan fingerprint density at radius 1 is 1.31 bits per heavy atom. The van der Waals surface area contributed by atoms with Crippen molar-refractivity contribution in [1.82, 2.24) is 4.98 Å². The molecule has 0 atom stereocenters. The van der Waals surface area contributed by atoms with Crippen molar-refractivity contribution in [2.75, 3.05) is 0 Å². The Balaban J connectivity index is 2.00. The predicted molar refractivity (Wildman–Crippen MR) is 52.5 cm³/mol. The van der Waals surface area contributed by atoms with Crippen molar-refractivity contribution in [3.8, 4) is 0 Å². The van der Waals surface area contributed by atoms with Crippen molar-refractivity contribution in [2.24, 2.45) is 5.92 Å². The van der Waals surface area contributed by atoms with Crippen LogP contribution in [0, 0.1) is 5.92 Å². The first-order valence-corrected chi connectivity index (χ1v) is 5.30. The Bertz CT molecular complexity index is 296. The minimum atomic E-state index is 0.541. The van der Waals surface area contributed by atoms with E-state index in [2.05, 4.69) is 23.3 Å². The quantitative estimate of drug-likeness (QED) is 0.636. The molecule has 2 aliphatic rings. The average molecular weight is 173 g/mol. The Morgan fingerprint density at radius 2 is 2.15 bits per heavy atom. The van der Waals surface area contributed by atoms with Crippen molar-refractivity contribution in [1.29, 1.82) is 0 Å². The molecule has 0 radical (unpaired) electrons. The summed E-state index contributed by atoms with van der Waals surface area (Å²) < 4.78 is 0. The topological polar surface area (TPSA) is 12.9 Å². The van der Waals surface area contributed by atoms with E-state index in [-0.39, 0.29) is 0 Å². The molecule has 0 spiro atoms. The van der Waals surface area contributed by atoms with Gasteiger partial charge in [-0.1, -0.05) is 6.07 Å². The second-order valence-electron chi connectivity index (χ2n) is 4.67. The Kier molecular flexibility index (Phi) is 1.49. The van der Waals surface area contributed by atoms with Gasteiger partial charge in [-0.15, -0.1) is 0 Å². The number of pyridine rings is 1. The van der Waals surface area contributed by atoms with Crippen LogP contribution in [0.15, 0.2) is 24.5 Å². The molecule has 0 unspecified atom stereocenters. The summed E-state index contributed by atoms with van der Waals surface area (Å²) in [5, 5.41) is 0. The zero-order valence-electron chi connectivity index (χ0n) is 7.87. The van der Waals surface area contributed by atoms with Crippen LogP contribution in [0.4, 0.5) is 0 Å². The van der Waals surface area contributed by atoms with Gasteiger partial charge in [-0.3, -0.25) is 4.98 Å². The fraction of sp³-hybridized carbons (Fsp3) is 0.583. The van der Waals surface area contributed by atoms with Gasteiger partial charge < -0.3 is 0 Å². The van der Waals surface area contributed by atoms with Crippen LogP contribution < -0.4 is 0 Å². The molecule has 2 fully saturated rings. The third-order valence-corrected chi connectivity index (χ3v) is 4.02. The van der Waals surface area contributed by atoms with Crippen LogP contribution in [-0.4, -0.2) is 4.98 Å². The summed E-state index contributed by atoms with van der Waals surface area (Å²) >= 11 is 0. The number of fused-ring (bicyclic) bond motifs is 2. The summed E-state index contributed by atoms with van der Waals surface area (Å²) in [6.07, 6.45) is 11.1. The van der Waals surface area contributed by atoms with E-state index < -0.39 is 0 Å². The lowest BCUT2D eigenvalue weighted by Gasteiger charge is -2.26. The van der Waals surface area contributed by atoms with Crippen molar-refractivity contribution in [3.63, 3.8) is 0 Å². The molecule has 3 rings (SSSR count). The summed E-state index contributed by atoms with van der Waals surface area (Å²) in [5.74, 6) is 1.03. The number of hydrogen-bond donors (Lipinski definition) is 0. The van der Waals surface area contributed by atoms with E-state index in [4.69, 9.17) is 0 Å². The molecule has 1 aromatic heterocycles. The van der Waals surface area contributed by atoms with Gasteiger partial charge in [0.15, 0.2) is 0 Å². The molecule has 2 bridgehead atoms. The van der Waals surface area contributed by atoms with Crippen molar-refractivity contribution in [2.45, 2.75) is 37.5 Å². The van der Waals surface area contributed by atoms with E-state index >= 15 is 0 Å². The normalized spacial score (nSPS) is 36.8. The van der Waals surface area contributed by atoms with Gasteiger partial charge in [0.05, 0.1) is 0 Å². The largest absolute Gasteiger partial charge is 0.264 e. The molecule has 1 heterocycles. The first-order valence-electron chi connectivity index (χ1n) is 5.30. The molecule has 0 aliphatic heterocycles. The van der Waals surface area contributed by atoms with Crippen LogP contribution in [0.25, 0.3) is 0 Å². The summed E-state index contributed by atoms with van der Waals surface area (Å²) in [7, 11) is 0. The van der Waals surface area contributed by atoms with Crippen LogP contribution in [0.1, 0.15) is 37.7 Å². The van der Waals surface area contributed by atoms with Crippen LogP contribution >= 0.6 is 0 Å². The lowest BCUT2D eigenvalue weighted by Crippen LogP contribution is -2.19. The highest BCUT2D eigenvalue weighted by atomic mass is 14.6. The smallest absolute Gasteiger partial charge is 0.0305 e. The van der Waals surface area contributed by atoms with E-state index in [0.29, 0.717) is 5.41 Å². The predicted octanol–water partition coefficient (Wildman–Crippen LogP) is 2.91. The maximum Gasteiger partial charge on any atom is 0.0305 e. The van der Waals surface area contributed by atoms with Gasteiger partial charge >= 0.3 is 0 Å². The Hall–Kier alpha value is -0.850. The van der Waals surface area contributed by atoms with Gasteiger partial charge in [0, 0.05) is 12.4 Å². The second kappa shape index (κ2) is 2.57. The maximum atomic E-state index is 4.24. The monoisotopic (exact) mass is 173 g/mol. The van der Waals surface area contributed by atoms with Gasteiger partial charge in [-0.2, -0.15) is 0 Å². The fourth-order valence-corrected chi connectivity index (χ4v) is 3.27. The lowest BCUT2D eigenvalue weighted by atomic mass is 9.78. The van der Waals surface area contributed by atoms with Gasteiger partial charge in [0.1, 0.15) is 0 Å². The van der Waals surface area contributed by atoms with Crippen LogP contribution in [0.2, 0.25) is 0 Å². The van der Waals surface area contributed by atoms with Crippen molar-refractivity contribution < 1.29 is 0 Å². The van der Waals surface area contributed by atoms with Crippen molar-refractivity contribution >= 4 is 0 Å². The highest BCUT2D eigenvalue weighted by Crippen LogP contribution is 2.54. The lowest BCUT2D eigenvalue weighted by molar-refractivity contribution is 0.418. The minimum absolute atomic E-state index is 0.541. The Morgan fingerprint density at radius 3 is 2.69 bits per heavy atom. The molecule has 0 saturated heterocycles. The van der Waals surface area contributed by atoms with E-state index in [1.165, 1.54) is 37.7 Å². The maximum absolute atomic E-state index is 4.24. The summed E-state index contributed by atoms with van der Waals surface area (Å²) in [6.45, 7) is 0. The molecule has 0 N–H and O–H groups in total. The van der Waals surface area contributed by atoms with Crippen LogP contribution in [0.3, 0.4) is 0 Å². The van der Waals surface area contributed by atoms with Crippen molar-refractivity contribution in [3.05, 3.63) is 30.1 Å². The molecule has 1 aromatic rings. The highest BCUT2D eigenvalue weighted by Gasteiger charge is 2.45. The molecule has 1 heteroatoms. The third kappa shape index (κ3) is 1.03. The molecule has 1 nitrogen and oxygen atoms in total. The Labute approximate surface area is 79.2 Å². The van der Waals surface area contributed by atoms with Crippen LogP contribution in [-0.2, 0) is 5.41 Å². The first-order chi connectivity index (χ1) is 6.39. The van der Waals surface area contributed by atoms with Gasteiger partial charge in [-0.25, -0.2) is 0 Å². The van der Waals surface area contributed by atoms with Gasteiger partial charge in [0.2, 0.25) is 0 Å². The van der Waals surface area contributed by atoms with E-state index in [0.717, 1.165) is 5.92 Å². The number of hydrogen-bond acceptors (Lipinski definition) is 1. The third-order valence-electron chi connectivity index (χ3n) is 4.02. The molecule has 2 saturated carbocycles. The zero-order valence-corrected chi connectivity index (χ0v) is 7.87. The van der Waals surface area contributed by atoms with E-state index in [9.17, 15) is 0 Å². The number of aromatic nitrogens is 1. The van der Waals surface area contributed by atoms with E-state index in [1.807, 2.05) is 6.20 Å². The van der Waals surface area contributed by atoms with E-state index in [1.54, 1.807) is 0 Å². The van der Waals surface area contributed by atoms with Gasteiger partial charge in [0.25, 0.3) is 0 Å². The molecule has 0 amide bonds. The fourth-order valence-electron chi connectivity index (χ4n) is 3.27. The first kappa shape index (κ1) is 7.54. The van der Waals surface area contributed by atoms with Crippen LogP contribution in [0.5, 0.6) is 0 Å². The molecule has 13 heavy (non-hydrogen) atoms. The standard InChI is InChI=1S/C12H15N/c1-2-11(9-13-7-1)12-5-3-10(8-12)4-6-12/h1-2,7,9-10H,3-6,8H2.